The second kappa shape index (κ2) is 8.37. The van der Waals surface area contributed by atoms with E-state index in [0.29, 0.717) is 12.1 Å². The molecule has 9 heteroatoms. The standard InChI is InChI=1S/C14H18F3N3O2.ClH/c15-14(16,17)11-2-1-10(9-20-5-3-18-4-6-20)12(7-11)19-8-13(21)22;/h1-2,7,18-19H,3-6,8-9H2,(H,21,22);1H. The number of hydrogen-bond acceptors (Lipinski definition) is 4. The second-order valence-corrected chi connectivity index (χ2v) is 5.14. The number of nitrogens with one attached hydrogen (secondary N) is 2. The zero-order valence-corrected chi connectivity index (χ0v) is 13.1. The Labute approximate surface area is 138 Å². The van der Waals surface area contributed by atoms with Crippen LogP contribution in [0.3, 0.4) is 0 Å². The number of rotatable bonds is 5. The Kier molecular flexibility index (Phi) is 7.11. The number of alkyl halides is 3. The van der Waals surface area contributed by atoms with Crippen molar-refractivity contribution in [2.45, 2.75) is 12.7 Å². The van der Waals surface area contributed by atoms with Gasteiger partial charge in [0.2, 0.25) is 0 Å². The van der Waals surface area contributed by atoms with E-state index in [0.717, 1.165) is 38.3 Å². The number of carbonyl (C=O) groups is 1. The van der Waals surface area contributed by atoms with Gasteiger partial charge >= 0.3 is 12.1 Å². The average Bonchev–Trinajstić information content (AvgIpc) is 2.46. The van der Waals surface area contributed by atoms with Gasteiger partial charge in [-0.1, -0.05) is 6.07 Å². The van der Waals surface area contributed by atoms with Gasteiger partial charge < -0.3 is 15.7 Å². The van der Waals surface area contributed by atoms with Gasteiger partial charge in [0.15, 0.2) is 0 Å². The lowest BCUT2D eigenvalue weighted by Gasteiger charge is -2.28. The van der Waals surface area contributed by atoms with Crippen molar-refractivity contribution in [2.75, 3.05) is 38.0 Å². The first-order valence-electron chi connectivity index (χ1n) is 6.95. The summed E-state index contributed by atoms with van der Waals surface area (Å²) >= 11 is 0. The summed E-state index contributed by atoms with van der Waals surface area (Å²) in [4.78, 5) is 12.8. The van der Waals surface area contributed by atoms with E-state index in [-0.39, 0.29) is 18.1 Å². The molecule has 0 aliphatic carbocycles. The monoisotopic (exact) mass is 353 g/mol. The van der Waals surface area contributed by atoms with Gasteiger partial charge in [-0.3, -0.25) is 9.69 Å². The molecule has 0 amide bonds. The Hall–Kier alpha value is -1.51. The Morgan fingerprint density at radius 2 is 1.96 bits per heavy atom. The third kappa shape index (κ3) is 5.89. The van der Waals surface area contributed by atoms with E-state index in [1.807, 2.05) is 0 Å². The van der Waals surface area contributed by atoms with Crippen LogP contribution >= 0.6 is 12.4 Å². The molecule has 5 nitrogen and oxygen atoms in total. The average molecular weight is 354 g/mol. The Balaban J connectivity index is 0.00000264. The predicted octanol–water partition coefficient (Wildman–Crippen LogP) is 2.03. The minimum atomic E-state index is -4.45. The van der Waals surface area contributed by atoms with Crippen LogP contribution < -0.4 is 10.6 Å². The molecular weight excluding hydrogens is 335 g/mol. The van der Waals surface area contributed by atoms with Gasteiger partial charge in [0.05, 0.1) is 5.56 Å². The van der Waals surface area contributed by atoms with Crippen LogP contribution in [0, 0.1) is 0 Å². The van der Waals surface area contributed by atoms with Crippen molar-refractivity contribution in [1.29, 1.82) is 0 Å². The second-order valence-electron chi connectivity index (χ2n) is 5.14. The Bertz CT molecular complexity index is 534. The third-order valence-corrected chi connectivity index (χ3v) is 3.47. The van der Waals surface area contributed by atoms with Crippen molar-refractivity contribution in [3.8, 4) is 0 Å². The highest BCUT2D eigenvalue weighted by molar-refractivity contribution is 5.85. The maximum Gasteiger partial charge on any atom is 0.416 e. The van der Waals surface area contributed by atoms with Gasteiger partial charge in [0.1, 0.15) is 6.54 Å². The molecule has 1 aliphatic rings. The lowest BCUT2D eigenvalue weighted by atomic mass is 10.1. The number of benzene rings is 1. The lowest BCUT2D eigenvalue weighted by Crippen LogP contribution is -2.43. The number of hydrogen-bond donors (Lipinski definition) is 3. The van der Waals surface area contributed by atoms with E-state index in [2.05, 4.69) is 15.5 Å². The molecule has 0 saturated carbocycles. The van der Waals surface area contributed by atoms with E-state index >= 15 is 0 Å². The van der Waals surface area contributed by atoms with Gasteiger partial charge in [-0.25, -0.2) is 0 Å². The highest BCUT2D eigenvalue weighted by Gasteiger charge is 2.31. The van der Waals surface area contributed by atoms with E-state index in [4.69, 9.17) is 5.11 Å². The number of anilines is 1. The van der Waals surface area contributed by atoms with Crippen molar-refractivity contribution >= 4 is 24.1 Å². The van der Waals surface area contributed by atoms with Crippen molar-refractivity contribution < 1.29 is 23.1 Å². The zero-order valence-electron chi connectivity index (χ0n) is 12.3. The van der Waals surface area contributed by atoms with Crippen LogP contribution in [0.4, 0.5) is 18.9 Å². The fourth-order valence-electron chi connectivity index (χ4n) is 2.34. The van der Waals surface area contributed by atoms with Crippen molar-refractivity contribution in [3.63, 3.8) is 0 Å². The first-order valence-corrected chi connectivity index (χ1v) is 6.95. The largest absolute Gasteiger partial charge is 0.480 e. The summed E-state index contributed by atoms with van der Waals surface area (Å²) in [7, 11) is 0. The molecule has 1 aromatic rings. The SMILES string of the molecule is Cl.O=C(O)CNc1cc(C(F)(F)F)ccc1CN1CCNCC1. The molecule has 2 rings (SSSR count). The molecule has 0 bridgehead atoms. The zero-order chi connectivity index (χ0) is 16.2. The fraction of sp³-hybridized carbons (Fsp3) is 0.500. The van der Waals surface area contributed by atoms with E-state index in [1.165, 1.54) is 6.07 Å². The van der Waals surface area contributed by atoms with Crippen LogP contribution in [0.2, 0.25) is 0 Å². The molecule has 1 saturated heterocycles. The maximum absolute atomic E-state index is 12.8. The topological polar surface area (TPSA) is 64.6 Å². The summed E-state index contributed by atoms with van der Waals surface area (Å²) < 4.78 is 38.4. The summed E-state index contributed by atoms with van der Waals surface area (Å²) in [6.45, 7) is 3.34. The van der Waals surface area contributed by atoms with Crippen molar-refractivity contribution in [3.05, 3.63) is 29.3 Å². The molecule has 0 radical (unpaired) electrons. The molecule has 23 heavy (non-hydrogen) atoms. The number of halogens is 4. The van der Waals surface area contributed by atoms with Crippen LogP contribution in [-0.2, 0) is 17.5 Å². The minimum Gasteiger partial charge on any atom is -0.480 e. The molecule has 0 unspecified atom stereocenters. The highest BCUT2D eigenvalue weighted by Crippen LogP contribution is 2.32. The first kappa shape index (κ1) is 19.5. The van der Waals surface area contributed by atoms with Gasteiger partial charge in [-0.15, -0.1) is 12.4 Å². The molecule has 0 atom stereocenters. The first-order chi connectivity index (χ1) is 10.4. The van der Waals surface area contributed by atoms with Crippen LogP contribution in [0.5, 0.6) is 0 Å². The quantitative estimate of drug-likeness (QED) is 0.756. The molecule has 0 aromatic heterocycles. The van der Waals surface area contributed by atoms with Crippen LogP contribution in [0.25, 0.3) is 0 Å². The van der Waals surface area contributed by atoms with Crippen LogP contribution in [-0.4, -0.2) is 48.7 Å². The number of piperazine rings is 1. The number of carboxylic acid groups (broad SMARTS) is 1. The smallest absolute Gasteiger partial charge is 0.416 e. The Morgan fingerprint density at radius 3 is 2.52 bits per heavy atom. The van der Waals surface area contributed by atoms with Gasteiger partial charge in [-0.2, -0.15) is 13.2 Å². The van der Waals surface area contributed by atoms with Crippen molar-refractivity contribution in [1.82, 2.24) is 10.2 Å². The summed E-state index contributed by atoms with van der Waals surface area (Å²) in [5.74, 6) is -1.12. The van der Waals surface area contributed by atoms with Gasteiger partial charge in [0.25, 0.3) is 0 Å². The third-order valence-electron chi connectivity index (χ3n) is 3.47. The highest BCUT2D eigenvalue weighted by atomic mass is 35.5. The maximum atomic E-state index is 12.8. The molecule has 0 spiro atoms. The minimum absolute atomic E-state index is 0. The number of aliphatic carboxylic acids is 1. The van der Waals surface area contributed by atoms with Gasteiger partial charge in [-0.05, 0) is 17.7 Å². The molecule has 3 N–H and O–H groups in total. The molecule has 1 aliphatic heterocycles. The number of carboxylic acids is 1. The Morgan fingerprint density at radius 1 is 1.30 bits per heavy atom. The summed E-state index contributed by atoms with van der Waals surface area (Å²) in [5, 5.41) is 14.5. The summed E-state index contributed by atoms with van der Waals surface area (Å²) in [5.41, 5.74) is 0.0938. The normalized spacial score (nSPS) is 15.8. The lowest BCUT2D eigenvalue weighted by molar-refractivity contribution is -0.137. The van der Waals surface area contributed by atoms with Crippen LogP contribution in [0.15, 0.2) is 18.2 Å². The van der Waals surface area contributed by atoms with E-state index < -0.39 is 24.3 Å². The summed E-state index contributed by atoms with van der Waals surface area (Å²) in [6, 6.07) is 3.42. The van der Waals surface area contributed by atoms with Gasteiger partial charge in [0, 0.05) is 38.4 Å². The van der Waals surface area contributed by atoms with E-state index in [9.17, 15) is 18.0 Å². The van der Waals surface area contributed by atoms with Crippen LogP contribution in [0.1, 0.15) is 11.1 Å². The molecule has 130 valence electrons. The fourth-order valence-corrected chi connectivity index (χ4v) is 2.34. The molecule has 1 fully saturated rings. The summed E-state index contributed by atoms with van der Waals surface area (Å²) in [6.07, 6.45) is -4.45. The van der Waals surface area contributed by atoms with Crippen molar-refractivity contribution in [2.24, 2.45) is 0 Å². The molecule has 1 heterocycles. The molecule has 1 aromatic carbocycles. The molecular formula is C14H19ClF3N3O2. The predicted molar refractivity (Wildman–Crippen MR) is 83.0 cm³/mol. The van der Waals surface area contributed by atoms with E-state index in [1.54, 1.807) is 0 Å². The number of nitrogens with zero attached hydrogens (tertiary/aromatic N) is 1.